The van der Waals surface area contributed by atoms with Crippen molar-refractivity contribution < 1.29 is 62.2 Å². The number of carbonyl (C=O) groups excluding carboxylic acids is 7. The first-order chi connectivity index (χ1) is 35.8. The fraction of sp³-hybridized carbons (Fsp3) is 0.246. The molecule has 390 valence electrons. The Labute approximate surface area is 433 Å². The molecule has 18 nitrogen and oxygen atoms in total. The van der Waals surface area contributed by atoms with Crippen LogP contribution in [0.4, 0.5) is 11.4 Å². The number of primary amides is 1. The van der Waals surface area contributed by atoms with Crippen LogP contribution < -0.4 is 35.3 Å². The zero-order valence-corrected chi connectivity index (χ0v) is 42.0. The number of hydrogen-bond acceptors (Lipinski definition) is 14. The zero-order chi connectivity index (χ0) is 54.8. The first-order valence-electron chi connectivity index (χ1n) is 23.7. The molecule has 0 aliphatic rings. The lowest BCUT2D eigenvalue weighted by Gasteiger charge is -2.22. The van der Waals surface area contributed by atoms with E-state index in [-0.39, 0.29) is 107 Å². The van der Waals surface area contributed by atoms with Crippen LogP contribution >= 0.6 is 0 Å². The third kappa shape index (κ3) is 15.9. The summed E-state index contributed by atoms with van der Waals surface area (Å²) in [5, 5.41) is 16.1. The van der Waals surface area contributed by atoms with Crippen LogP contribution in [-0.2, 0) is 33.6 Å². The monoisotopic (exact) mass is 1020 g/mol. The number of non-ortho nitro benzene ring substituents is 1. The molecule has 0 bridgehead atoms. The van der Waals surface area contributed by atoms with Crippen LogP contribution in [-0.4, -0.2) is 84.0 Å². The zero-order valence-electron chi connectivity index (χ0n) is 42.0. The molecule has 0 spiro atoms. The predicted octanol–water partition coefficient (Wildman–Crippen LogP) is 8.53. The Bertz CT molecular complexity index is 2960. The van der Waals surface area contributed by atoms with Gasteiger partial charge in [-0.3, -0.25) is 38.9 Å². The summed E-state index contributed by atoms with van der Waals surface area (Å²) in [4.78, 5) is 103. The van der Waals surface area contributed by atoms with E-state index in [2.05, 4.69) is 30.4 Å². The Balaban J connectivity index is 1.32. The first kappa shape index (κ1) is 56.7. The van der Waals surface area contributed by atoms with E-state index in [9.17, 15) is 43.7 Å². The van der Waals surface area contributed by atoms with Gasteiger partial charge in [-0.05, 0) is 81.8 Å². The van der Waals surface area contributed by atoms with Crippen LogP contribution in [0.25, 0.3) is 0 Å². The largest absolute Gasteiger partial charge is 0.487 e. The Morgan fingerprint density at radius 3 is 1.61 bits per heavy atom. The fourth-order valence-corrected chi connectivity index (χ4v) is 7.39. The van der Waals surface area contributed by atoms with Crippen molar-refractivity contribution in [3.8, 4) is 23.0 Å². The summed E-state index contributed by atoms with van der Waals surface area (Å²) in [6, 6.07) is 21.9. The highest BCUT2D eigenvalue weighted by atomic mass is 16.6. The molecule has 3 amide bonds. The molecule has 1 atom stereocenters. The van der Waals surface area contributed by atoms with E-state index < -0.39 is 58.7 Å². The number of esters is 1. The lowest BCUT2D eigenvalue weighted by Crippen LogP contribution is -2.44. The molecule has 0 unspecified atom stereocenters. The number of amides is 3. The van der Waals surface area contributed by atoms with E-state index in [0.29, 0.717) is 22.4 Å². The number of ketones is 3. The van der Waals surface area contributed by atoms with Gasteiger partial charge in [0.1, 0.15) is 25.4 Å². The molecule has 5 aromatic rings. The van der Waals surface area contributed by atoms with Gasteiger partial charge in [0.15, 0.2) is 40.3 Å². The highest BCUT2D eigenvalue weighted by Gasteiger charge is 2.29. The van der Waals surface area contributed by atoms with Crippen LogP contribution in [0, 0.1) is 10.1 Å². The Morgan fingerprint density at radius 2 is 1.09 bits per heavy atom. The lowest BCUT2D eigenvalue weighted by atomic mass is 9.95. The average Bonchev–Trinajstić information content (AvgIpc) is 3.37. The van der Waals surface area contributed by atoms with Crippen molar-refractivity contribution in [1.29, 1.82) is 0 Å². The van der Waals surface area contributed by atoms with Crippen molar-refractivity contribution >= 4 is 52.4 Å². The molecule has 0 aromatic heterocycles. The van der Waals surface area contributed by atoms with Gasteiger partial charge in [-0.25, -0.2) is 4.79 Å². The van der Waals surface area contributed by atoms with E-state index in [1.54, 1.807) is 70.2 Å². The summed E-state index contributed by atoms with van der Waals surface area (Å²) in [6.07, 6.45) is 2.50. The number of nitro groups is 1. The summed E-state index contributed by atoms with van der Waals surface area (Å²) < 4.78 is 29.8. The molecule has 75 heavy (non-hydrogen) atoms. The highest BCUT2D eigenvalue weighted by Crippen LogP contribution is 2.41. The van der Waals surface area contributed by atoms with Crippen LogP contribution in [0.15, 0.2) is 135 Å². The third-order valence-corrected chi connectivity index (χ3v) is 10.8. The number of hydrogen-bond donors (Lipinski definition) is 3. The van der Waals surface area contributed by atoms with Crippen LogP contribution in [0.5, 0.6) is 23.0 Å². The Hall–Kier alpha value is -9.19. The van der Waals surface area contributed by atoms with Gasteiger partial charge in [-0.2, -0.15) is 0 Å². The number of Topliss-reactive ketones (excluding diaryl/α,β-unsaturated/α-hetero) is 3. The van der Waals surface area contributed by atoms with Crippen LogP contribution in [0.3, 0.4) is 0 Å². The van der Waals surface area contributed by atoms with Crippen LogP contribution in [0.2, 0.25) is 0 Å². The number of ether oxygens (including phenoxy) is 5. The second kappa shape index (κ2) is 27.0. The number of nitrogens with one attached hydrogen (secondary N) is 2. The molecule has 0 saturated carbocycles. The Morgan fingerprint density at radius 1 is 0.600 bits per heavy atom. The fourth-order valence-electron chi connectivity index (χ4n) is 7.39. The van der Waals surface area contributed by atoms with Crippen molar-refractivity contribution in [3.05, 3.63) is 190 Å². The molecule has 5 rings (SSSR count). The lowest BCUT2D eigenvalue weighted by molar-refractivity contribution is -0.384. The van der Waals surface area contributed by atoms with Crippen LogP contribution in [0.1, 0.15) is 103 Å². The predicted molar refractivity (Wildman–Crippen MR) is 280 cm³/mol. The summed E-state index contributed by atoms with van der Waals surface area (Å²) >= 11 is 0. The maximum absolute atomic E-state index is 14.4. The van der Waals surface area contributed by atoms with Gasteiger partial charge >= 0.3 is 5.97 Å². The van der Waals surface area contributed by atoms with Gasteiger partial charge in [0.25, 0.3) is 17.5 Å². The smallest absolute Gasteiger partial charge is 0.342 e. The van der Waals surface area contributed by atoms with E-state index in [4.69, 9.17) is 29.4 Å². The number of anilines is 1. The molecule has 0 heterocycles. The number of nitrogens with zero attached hydrogens (tertiary/aromatic N) is 1. The summed E-state index contributed by atoms with van der Waals surface area (Å²) in [5.74, 6) is -3.50. The molecule has 4 N–H and O–H groups in total. The summed E-state index contributed by atoms with van der Waals surface area (Å²) in [7, 11) is 0. The normalized spacial score (nSPS) is 11.1. The number of carbonyl (C=O) groups is 7. The number of rotatable bonds is 29. The number of nitro benzene ring substituents is 1. The average molecular weight is 1020 g/mol. The van der Waals surface area contributed by atoms with Crippen molar-refractivity contribution in [2.45, 2.75) is 71.6 Å². The molecule has 0 aliphatic carbocycles. The standard InChI is InChI=1S/C57H58N4O14/c1-8-27-71-53-44(48(63)32-41-20-26-45(57(68)73-29-10-3)54(72-28-9-2)52(41)75-35(6)7)25-19-40(51(53)74-34(4)5)31-47(62)37-13-11-36(12-14-37)30-49(64)46(33-50(58)65)60-56(67)38-15-21-42(22-16-38)59-55(66)39-17-23-43(24-18-39)61(69)70/h8-26,34-35,46H,1-3,27-33H2,4-7H3,(H2,58,65)(H,59,66)(H,60,67)/t46-/m0/s1. The van der Waals surface area contributed by atoms with Gasteiger partial charge < -0.3 is 40.1 Å². The Kier molecular flexibility index (Phi) is 20.4. The van der Waals surface area contributed by atoms with Crippen molar-refractivity contribution in [2.75, 3.05) is 25.1 Å². The number of benzene rings is 5. The SMILES string of the molecule is C=CCOC(=O)c1ccc(CC(=O)c2ccc(CC(=O)c3ccc(CC(=O)[C@H](CC(N)=O)NC(=O)c4ccc(NC(=O)c5ccc([N+](=O)[O-])cc5)cc4)cc3)c(OC(C)C)c2OCC=C)c(OC(C)C)c1OCC=C. The summed E-state index contributed by atoms with van der Waals surface area (Å²) in [5.41, 5.74) is 7.70. The quantitative estimate of drug-likeness (QED) is 0.0133. The molecule has 0 radical (unpaired) electrons. The molecule has 0 aliphatic heterocycles. The van der Waals surface area contributed by atoms with E-state index in [1.165, 1.54) is 72.8 Å². The molecule has 0 fully saturated rings. The van der Waals surface area contributed by atoms with Crippen molar-refractivity contribution in [1.82, 2.24) is 5.32 Å². The van der Waals surface area contributed by atoms with Gasteiger partial charge in [-0.15, -0.1) is 0 Å². The molecular weight excluding hydrogens is 965 g/mol. The second-order valence-electron chi connectivity index (χ2n) is 17.4. The summed E-state index contributed by atoms with van der Waals surface area (Å²) in [6.45, 7) is 18.2. The second-order valence-corrected chi connectivity index (χ2v) is 17.4. The topological polar surface area (TPSA) is 259 Å². The molecular formula is C57H58N4O14. The molecule has 5 aromatic carbocycles. The van der Waals surface area contributed by atoms with Gasteiger partial charge in [0.2, 0.25) is 5.91 Å². The maximum atomic E-state index is 14.4. The van der Waals surface area contributed by atoms with E-state index in [1.807, 2.05) is 0 Å². The molecule has 18 heteroatoms. The van der Waals surface area contributed by atoms with E-state index >= 15 is 0 Å². The van der Waals surface area contributed by atoms with Gasteiger partial charge in [0.05, 0.1) is 35.2 Å². The minimum Gasteiger partial charge on any atom is -0.487 e. The third-order valence-electron chi connectivity index (χ3n) is 10.8. The maximum Gasteiger partial charge on any atom is 0.342 e. The minimum absolute atomic E-state index is 0.0116. The first-order valence-corrected chi connectivity index (χ1v) is 23.7. The molecule has 0 saturated heterocycles. The minimum atomic E-state index is -1.30. The van der Waals surface area contributed by atoms with Gasteiger partial charge in [-0.1, -0.05) is 74.4 Å². The van der Waals surface area contributed by atoms with Crippen molar-refractivity contribution in [3.63, 3.8) is 0 Å². The van der Waals surface area contributed by atoms with Crippen molar-refractivity contribution in [2.24, 2.45) is 5.73 Å². The number of nitrogens with two attached hydrogens (primary N) is 1. The highest BCUT2D eigenvalue weighted by molar-refractivity contribution is 6.06. The van der Waals surface area contributed by atoms with E-state index in [0.717, 1.165) is 0 Å². The van der Waals surface area contributed by atoms with Gasteiger partial charge in [0, 0.05) is 64.9 Å².